The number of carbonyl (C=O) groups excluding carboxylic acids is 2. The molecule has 0 aromatic heterocycles. The average molecular weight is 619 g/mol. The Morgan fingerprint density at radius 1 is 1.20 bits per heavy atom. The molecule has 1 saturated heterocycles. The molecule has 2 aliphatic rings. The lowest BCUT2D eigenvalue weighted by atomic mass is 10.0. The summed E-state index contributed by atoms with van der Waals surface area (Å²) in [4.78, 5) is 27.4. The number of hydrogen-bond acceptors (Lipinski definition) is 8. The fourth-order valence-corrected chi connectivity index (χ4v) is 5.22. The molecule has 45 heavy (non-hydrogen) atoms. The molecule has 10 heteroatoms. The van der Waals surface area contributed by atoms with E-state index in [2.05, 4.69) is 35.1 Å². The first-order valence-corrected chi connectivity index (χ1v) is 15.4. The highest BCUT2D eigenvalue weighted by Crippen LogP contribution is 2.50. The molecule has 3 N–H and O–H groups in total. The van der Waals surface area contributed by atoms with Gasteiger partial charge in [-0.05, 0) is 73.1 Å². The number of methoxy groups -OCH3 is 1. The summed E-state index contributed by atoms with van der Waals surface area (Å²) in [5.41, 5.74) is 3.02. The number of esters is 1. The number of nitrogens with zero attached hydrogens (tertiary/aromatic N) is 1. The molecule has 4 rings (SSSR count). The predicted molar refractivity (Wildman–Crippen MR) is 174 cm³/mol. The lowest BCUT2D eigenvalue weighted by Gasteiger charge is -2.26. The summed E-state index contributed by atoms with van der Waals surface area (Å²) in [5.74, 6) is -0.333. The standard InChI is InChI=1S/C35H43FN4O5/c1-5-8-32(24-9-11-27(29-19-23(29)3)33(20-24)43-4)38-25(6-2)22-31(37)34(41)39-26-10-12-28(30(36)21-26)35(42)45-16-7-13-40-14-17-44-18-15-40/h5,8-12,20-23,29,37-38H,1,6-7,13-19H2,2-4H3,(H,39,41)/b25-22-,32-8-,37-31?. The highest BCUT2D eigenvalue weighted by molar-refractivity contribution is 6.46. The first-order valence-electron chi connectivity index (χ1n) is 15.4. The Kier molecular flexibility index (Phi) is 12.1. The molecule has 2 atom stereocenters. The van der Waals surface area contributed by atoms with Gasteiger partial charge in [-0.1, -0.05) is 38.6 Å². The van der Waals surface area contributed by atoms with Crippen LogP contribution in [0.2, 0.25) is 0 Å². The van der Waals surface area contributed by atoms with Gasteiger partial charge in [0.1, 0.15) is 17.3 Å². The highest BCUT2D eigenvalue weighted by atomic mass is 19.1. The van der Waals surface area contributed by atoms with E-state index in [4.69, 9.17) is 19.6 Å². The molecule has 1 aliphatic carbocycles. The number of allylic oxidation sites excluding steroid dienone is 3. The number of ether oxygens (including phenoxy) is 3. The maximum atomic E-state index is 14.8. The zero-order valence-electron chi connectivity index (χ0n) is 26.3. The van der Waals surface area contributed by atoms with Crippen LogP contribution in [0.4, 0.5) is 10.1 Å². The number of nitrogens with one attached hydrogen (secondary N) is 3. The topological polar surface area (TPSA) is 113 Å². The molecule has 2 aromatic rings. The van der Waals surface area contributed by atoms with Crippen LogP contribution in [0.3, 0.4) is 0 Å². The van der Waals surface area contributed by atoms with Crippen molar-refractivity contribution >= 4 is 29.0 Å². The van der Waals surface area contributed by atoms with E-state index in [-0.39, 0.29) is 23.6 Å². The Hall–Kier alpha value is -4.28. The molecule has 9 nitrogen and oxygen atoms in total. The van der Waals surface area contributed by atoms with E-state index in [9.17, 15) is 14.0 Å². The van der Waals surface area contributed by atoms with Crippen molar-refractivity contribution in [2.24, 2.45) is 5.92 Å². The van der Waals surface area contributed by atoms with Crippen molar-refractivity contribution in [3.63, 3.8) is 0 Å². The molecule has 2 aromatic carbocycles. The third kappa shape index (κ3) is 9.36. The van der Waals surface area contributed by atoms with E-state index in [1.165, 1.54) is 23.8 Å². The van der Waals surface area contributed by atoms with E-state index in [1.807, 2.05) is 25.1 Å². The fraction of sp³-hybridized carbons (Fsp3) is 0.400. The molecule has 1 saturated carbocycles. The number of amides is 1. The number of rotatable bonds is 15. The largest absolute Gasteiger partial charge is 0.496 e. The number of hydrogen-bond donors (Lipinski definition) is 3. The van der Waals surface area contributed by atoms with Crippen LogP contribution in [-0.4, -0.2) is 69.1 Å². The molecule has 240 valence electrons. The Morgan fingerprint density at radius 3 is 2.60 bits per heavy atom. The van der Waals surface area contributed by atoms with E-state index >= 15 is 0 Å². The quantitative estimate of drug-likeness (QED) is 0.0985. The summed E-state index contributed by atoms with van der Waals surface area (Å²) >= 11 is 0. The second-order valence-corrected chi connectivity index (χ2v) is 11.2. The van der Waals surface area contributed by atoms with Crippen LogP contribution in [-0.2, 0) is 14.3 Å². The minimum Gasteiger partial charge on any atom is -0.496 e. The highest BCUT2D eigenvalue weighted by Gasteiger charge is 2.36. The number of anilines is 1. The summed E-state index contributed by atoms with van der Waals surface area (Å²) in [5, 5.41) is 14.2. The van der Waals surface area contributed by atoms with Crippen LogP contribution in [0.25, 0.3) is 5.70 Å². The van der Waals surface area contributed by atoms with Crippen molar-refractivity contribution in [3.8, 4) is 5.75 Å². The second-order valence-electron chi connectivity index (χ2n) is 11.2. The van der Waals surface area contributed by atoms with E-state index in [0.29, 0.717) is 43.6 Å². The monoisotopic (exact) mass is 618 g/mol. The average Bonchev–Trinajstić information content (AvgIpc) is 3.78. The van der Waals surface area contributed by atoms with Gasteiger partial charge >= 0.3 is 5.97 Å². The van der Waals surface area contributed by atoms with Gasteiger partial charge in [-0.15, -0.1) is 0 Å². The zero-order chi connectivity index (χ0) is 32.3. The normalized spacial score (nSPS) is 18.6. The van der Waals surface area contributed by atoms with Crippen LogP contribution in [0, 0.1) is 17.1 Å². The zero-order valence-corrected chi connectivity index (χ0v) is 26.3. The molecule has 0 spiro atoms. The molecule has 0 radical (unpaired) electrons. The Morgan fingerprint density at radius 2 is 1.96 bits per heavy atom. The maximum absolute atomic E-state index is 14.8. The molecular formula is C35H43FN4O5. The molecule has 2 unspecified atom stereocenters. The van der Waals surface area contributed by atoms with Crippen LogP contribution >= 0.6 is 0 Å². The van der Waals surface area contributed by atoms with Gasteiger partial charge in [-0.2, -0.15) is 0 Å². The summed E-state index contributed by atoms with van der Waals surface area (Å²) < 4.78 is 31.0. The maximum Gasteiger partial charge on any atom is 0.341 e. The van der Waals surface area contributed by atoms with Gasteiger partial charge in [0.2, 0.25) is 0 Å². The summed E-state index contributed by atoms with van der Waals surface area (Å²) in [6, 6.07) is 9.81. The predicted octanol–water partition coefficient (Wildman–Crippen LogP) is 5.91. The Bertz CT molecular complexity index is 1460. The minimum absolute atomic E-state index is 0.120. The van der Waals surface area contributed by atoms with Crippen molar-refractivity contribution in [3.05, 3.63) is 89.4 Å². The van der Waals surface area contributed by atoms with Crippen molar-refractivity contribution in [2.75, 3.05) is 51.9 Å². The summed E-state index contributed by atoms with van der Waals surface area (Å²) in [6.07, 6.45) is 7.21. The van der Waals surface area contributed by atoms with Crippen LogP contribution < -0.4 is 15.4 Å². The first-order chi connectivity index (χ1) is 21.7. The number of benzene rings is 2. The lowest BCUT2D eigenvalue weighted by molar-refractivity contribution is -0.110. The molecule has 1 heterocycles. The van der Waals surface area contributed by atoms with Crippen LogP contribution in [0.15, 0.2) is 66.9 Å². The van der Waals surface area contributed by atoms with Gasteiger partial charge in [-0.3, -0.25) is 15.1 Å². The van der Waals surface area contributed by atoms with Crippen LogP contribution in [0.1, 0.15) is 60.5 Å². The summed E-state index contributed by atoms with van der Waals surface area (Å²) in [7, 11) is 1.66. The first kappa shape index (κ1) is 33.6. The fourth-order valence-electron chi connectivity index (χ4n) is 5.22. The van der Waals surface area contributed by atoms with E-state index in [0.717, 1.165) is 49.1 Å². The number of morpholine rings is 1. The summed E-state index contributed by atoms with van der Waals surface area (Å²) in [6.45, 7) is 12.0. The molecule has 2 fully saturated rings. The molecule has 0 bridgehead atoms. The SMILES string of the molecule is C=C/C=C(\N/C(=C\C(=N)C(=O)Nc1ccc(C(=O)OCCCN2CCOCC2)c(F)c1)CC)c1ccc(C2CC2C)c(OC)c1. The van der Waals surface area contributed by atoms with E-state index in [1.54, 1.807) is 13.2 Å². The van der Waals surface area contributed by atoms with Crippen molar-refractivity contribution < 1.29 is 28.2 Å². The van der Waals surface area contributed by atoms with Crippen molar-refractivity contribution in [2.45, 2.75) is 39.0 Å². The Labute approximate surface area is 264 Å². The van der Waals surface area contributed by atoms with Gasteiger partial charge in [-0.25, -0.2) is 9.18 Å². The smallest absolute Gasteiger partial charge is 0.341 e. The molecule has 1 amide bonds. The Balaban J connectivity index is 1.34. The van der Waals surface area contributed by atoms with Gasteiger partial charge in [0.15, 0.2) is 0 Å². The van der Waals surface area contributed by atoms with E-state index < -0.39 is 17.7 Å². The van der Waals surface area contributed by atoms with Crippen molar-refractivity contribution in [1.29, 1.82) is 5.41 Å². The number of halogens is 1. The van der Waals surface area contributed by atoms with Gasteiger partial charge in [0.05, 0.1) is 32.5 Å². The third-order valence-electron chi connectivity index (χ3n) is 7.98. The third-order valence-corrected chi connectivity index (χ3v) is 7.98. The lowest BCUT2D eigenvalue weighted by Crippen LogP contribution is -2.37. The van der Waals surface area contributed by atoms with Crippen molar-refractivity contribution in [1.82, 2.24) is 10.2 Å². The van der Waals surface area contributed by atoms with Gasteiger partial charge in [0, 0.05) is 42.3 Å². The van der Waals surface area contributed by atoms with Gasteiger partial charge < -0.3 is 24.8 Å². The van der Waals surface area contributed by atoms with Gasteiger partial charge in [0.25, 0.3) is 5.91 Å². The minimum atomic E-state index is -0.819. The number of carbonyl (C=O) groups is 2. The second kappa shape index (κ2) is 16.2. The molecule has 1 aliphatic heterocycles. The molecular weight excluding hydrogens is 575 g/mol. The van der Waals surface area contributed by atoms with Crippen LogP contribution in [0.5, 0.6) is 5.75 Å².